The summed E-state index contributed by atoms with van der Waals surface area (Å²) in [4.78, 5) is 23.4. The zero-order chi connectivity index (χ0) is 16.3. The van der Waals surface area contributed by atoms with E-state index in [0.717, 1.165) is 5.69 Å². The van der Waals surface area contributed by atoms with E-state index < -0.39 is 11.5 Å². The number of hydrogen-bond acceptors (Lipinski definition) is 5. The highest BCUT2D eigenvalue weighted by Gasteiger charge is 2.38. The summed E-state index contributed by atoms with van der Waals surface area (Å²) in [5.41, 5.74) is 0.391. The quantitative estimate of drug-likeness (QED) is 0.838. The van der Waals surface area contributed by atoms with Gasteiger partial charge in [-0.15, -0.1) is 5.10 Å². The lowest BCUT2D eigenvalue weighted by molar-refractivity contribution is -0.138. The van der Waals surface area contributed by atoms with Crippen LogP contribution in [0.1, 0.15) is 23.2 Å². The average Bonchev–Trinajstić information content (AvgIpc) is 3.19. The average molecular weight is 316 g/mol. The van der Waals surface area contributed by atoms with E-state index in [0.29, 0.717) is 18.6 Å². The van der Waals surface area contributed by atoms with Gasteiger partial charge in [0.15, 0.2) is 0 Å². The highest BCUT2D eigenvalue weighted by Crippen LogP contribution is 2.23. The molecule has 1 aromatic carbocycles. The molecular formula is C15H16N4O4. The van der Waals surface area contributed by atoms with Crippen LogP contribution in [-0.2, 0) is 9.53 Å². The molecule has 120 valence electrons. The van der Waals surface area contributed by atoms with Gasteiger partial charge in [-0.25, -0.2) is 4.68 Å². The van der Waals surface area contributed by atoms with Gasteiger partial charge in [-0.1, -0.05) is 5.21 Å². The van der Waals surface area contributed by atoms with E-state index in [1.165, 1.54) is 0 Å². The van der Waals surface area contributed by atoms with Gasteiger partial charge in [-0.3, -0.25) is 9.59 Å². The van der Waals surface area contributed by atoms with Crippen molar-refractivity contribution in [2.24, 2.45) is 0 Å². The fourth-order valence-corrected chi connectivity index (χ4v) is 2.60. The molecule has 0 spiro atoms. The van der Waals surface area contributed by atoms with E-state index >= 15 is 0 Å². The summed E-state index contributed by atoms with van der Waals surface area (Å²) in [5, 5.41) is 19.5. The number of carboxylic acids is 1. The number of hydrogen-bond donors (Lipinski definition) is 2. The predicted molar refractivity (Wildman–Crippen MR) is 79.2 cm³/mol. The Bertz CT molecular complexity index is 691. The minimum Gasteiger partial charge on any atom is -0.481 e. The molecule has 8 heteroatoms. The number of aliphatic carboxylic acids is 1. The molecule has 2 heterocycles. The molecule has 0 saturated carbocycles. The van der Waals surface area contributed by atoms with E-state index in [1.54, 1.807) is 41.3 Å². The number of aromatic nitrogens is 3. The normalized spacial score (nSPS) is 20.3. The third-order valence-electron chi connectivity index (χ3n) is 3.79. The zero-order valence-electron chi connectivity index (χ0n) is 12.3. The maximum atomic E-state index is 12.4. The van der Waals surface area contributed by atoms with E-state index in [4.69, 9.17) is 9.84 Å². The Morgan fingerprint density at radius 3 is 2.70 bits per heavy atom. The predicted octanol–water partition coefficient (Wildman–Crippen LogP) is 0.631. The van der Waals surface area contributed by atoms with E-state index in [9.17, 15) is 9.59 Å². The summed E-state index contributed by atoms with van der Waals surface area (Å²) in [6.07, 6.45) is 3.60. The van der Waals surface area contributed by atoms with E-state index in [1.807, 2.05) is 0 Å². The first kappa shape index (κ1) is 15.2. The number of nitrogens with one attached hydrogen (secondary N) is 1. The van der Waals surface area contributed by atoms with Crippen molar-refractivity contribution in [1.29, 1.82) is 0 Å². The number of amides is 1. The molecule has 23 heavy (non-hydrogen) atoms. The summed E-state index contributed by atoms with van der Waals surface area (Å²) in [5.74, 6) is -1.28. The van der Waals surface area contributed by atoms with Crippen molar-refractivity contribution in [3.05, 3.63) is 42.2 Å². The molecule has 1 amide bonds. The second kappa shape index (κ2) is 6.17. The van der Waals surface area contributed by atoms with Gasteiger partial charge in [0.1, 0.15) is 0 Å². The molecule has 1 unspecified atom stereocenters. The first-order chi connectivity index (χ1) is 11.1. The third-order valence-corrected chi connectivity index (χ3v) is 3.79. The lowest BCUT2D eigenvalue weighted by Gasteiger charge is -2.27. The SMILES string of the molecule is O=C(O)CC1(NC(=O)c2ccc(-n3ccnn3)cc2)CCOC1. The van der Waals surface area contributed by atoms with Crippen molar-refractivity contribution in [2.75, 3.05) is 13.2 Å². The second-order valence-corrected chi connectivity index (χ2v) is 5.50. The Kier molecular flexibility index (Phi) is 4.07. The molecule has 1 aromatic heterocycles. The van der Waals surface area contributed by atoms with E-state index in [-0.39, 0.29) is 18.9 Å². The monoisotopic (exact) mass is 316 g/mol. The fraction of sp³-hybridized carbons (Fsp3) is 0.333. The summed E-state index contributed by atoms with van der Waals surface area (Å²) in [7, 11) is 0. The first-order valence-corrected chi connectivity index (χ1v) is 7.17. The summed E-state index contributed by atoms with van der Waals surface area (Å²) >= 11 is 0. The topological polar surface area (TPSA) is 106 Å². The van der Waals surface area contributed by atoms with Gasteiger partial charge in [0.25, 0.3) is 5.91 Å². The number of carboxylic acid groups (broad SMARTS) is 1. The number of carbonyl (C=O) groups excluding carboxylic acids is 1. The minimum absolute atomic E-state index is 0.157. The van der Waals surface area contributed by atoms with Gasteiger partial charge in [-0.05, 0) is 30.7 Å². The first-order valence-electron chi connectivity index (χ1n) is 7.17. The van der Waals surface area contributed by atoms with Gasteiger partial charge >= 0.3 is 5.97 Å². The number of carbonyl (C=O) groups is 2. The lowest BCUT2D eigenvalue weighted by Crippen LogP contribution is -2.50. The van der Waals surface area contributed by atoms with Crippen LogP contribution in [-0.4, -0.2) is 50.7 Å². The van der Waals surface area contributed by atoms with Crippen molar-refractivity contribution in [1.82, 2.24) is 20.3 Å². The maximum Gasteiger partial charge on any atom is 0.305 e. The minimum atomic E-state index is -0.961. The second-order valence-electron chi connectivity index (χ2n) is 5.50. The standard InChI is InChI=1S/C15H16N4O4/c20-13(21)9-15(5-8-23-10-15)17-14(22)11-1-3-12(4-2-11)19-7-6-16-18-19/h1-4,6-7H,5,8-10H2,(H,17,22)(H,20,21). The summed E-state index contributed by atoms with van der Waals surface area (Å²) in [6, 6.07) is 6.82. The lowest BCUT2D eigenvalue weighted by atomic mass is 9.93. The third kappa shape index (κ3) is 3.37. The van der Waals surface area contributed by atoms with Crippen molar-refractivity contribution < 1.29 is 19.4 Å². The molecule has 1 fully saturated rings. The molecule has 1 aliphatic heterocycles. The Morgan fingerprint density at radius 2 is 2.13 bits per heavy atom. The van der Waals surface area contributed by atoms with Crippen LogP contribution in [0.15, 0.2) is 36.7 Å². The van der Waals surface area contributed by atoms with Crippen LogP contribution in [0.4, 0.5) is 0 Å². The Hall–Kier alpha value is -2.74. The Balaban J connectivity index is 1.73. The van der Waals surface area contributed by atoms with Crippen molar-refractivity contribution in [3.63, 3.8) is 0 Å². The highest BCUT2D eigenvalue weighted by atomic mass is 16.5. The fourth-order valence-electron chi connectivity index (χ4n) is 2.60. The van der Waals surface area contributed by atoms with Crippen LogP contribution >= 0.6 is 0 Å². The highest BCUT2D eigenvalue weighted by molar-refractivity contribution is 5.95. The van der Waals surface area contributed by atoms with Gasteiger partial charge in [0.05, 0.1) is 36.6 Å². The molecule has 2 aromatic rings. The van der Waals surface area contributed by atoms with Crippen molar-refractivity contribution >= 4 is 11.9 Å². The summed E-state index contributed by atoms with van der Waals surface area (Å²) in [6.45, 7) is 0.654. The number of nitrogens with zero attached hydrogens (tertiary/aromatic N) is 3. The molecule has 8 nitrogen and oxygen atoms in total. The molecule has 2 N–H and O–H groups in total. The van der Waals surface area contributed by atoms with Gasteiger partial charge in [-0.2, -0.15) is 0 Å². The van der Waals surface area contributed by atoms with Crippen LogP contribution in [0.25, 0.3) is 5.69 Å². The van der Waals surface area contributed by atoms with Gasteiger partial charge in [0, 0.05) is 12.2 Å². The molecule has 0 radical (unpaired) electrons. The van der Waals surface area contributed by atoms with Crippen LogP contribution in [0.5, 0.6) is 0 Å². The maximum absolute atomic E-state index is 12.4. The molecule has 0 bridgehead atoms. The summed E-state index contributed by atoms with van der Waals surface area (Å²) < 4.78 is 6.85. The zero-order valence-corrected chi connectivity index (χ0v) is 12.3. The van der Waals surface area contributed by atoms with Crippen molar-refractivity contribution in [2.45, 2.75) is 18.4 Å². The number of benzene rings is 1. The Morgan fingerprint density at radius 1 is 1.35 bits per heavy atom. The molecular weight excluding hydrogens is 300 g/mol. The molecule has 1 saturated heterocycles. The Labute approximate surface area is 132 Å². The van der Waals surface area contributed by atoms with Gasteiger partial charge < -0.3 is 15.2 Å². The van der Waals surface area contributed by atoms with Crippen LogP contribution < -0.4 is 5.32 Å². The van der Waals surface area contributed by atoms with Crippen LogP contribution in [0.2, 0.25) is 0 Å². The van der Waals surface area contributed by atoms with Crippen LogP contribution in [0, 0.1) is 0 Å². The number of ether oxygens (including phenoxy) is 1. The molecule has 1 aliphatic rings. The van der Waals surface area contributed by atoms with Gasteiger partial charge in [0.2, 0.25) is 0 Å². The van der Waals surface area contributed by atoms with Crippen molar-refractivity contribution in [3.8, 4) is 5.69 Å². The smallest absolute Gasteiger partial charge is 0.305 e. The molecule has 1 atom stereocenters. The van der Waals surface area contributed by atoms with Crippen LogP contribution in [0.3, 0.4) is 0 Å². The number of rotatable bonds is 5. The largest absolute Gasteiger partial charge is 0.481 e. The molecule has 3 rings (SSSR count). The molecule has 0 aliphatic carbocycles. The van der Waals surface area contributed by atoms with E-state index in [2.05, 4.69) is 15.6 Å².